The second-order valence-electron chi connectivity index (χ2n) is 5.13. The minimum atomic E-state index is -0.506. The first-order chi connectivity index (χ1) is 11.2. The number of carbonyl (C=O) groups is 1. The molecule has 0 saturated carbocycles. The molecule has 2 rings (SSSR count). The quantitative estimate of drug-likeness (QED) is 0.513. The van der Waals surface area contributed by atoms with E-state index < -0.39 is 6.09 Å². The standard InChI is InChI=1S/C19H18NO3.Rh/c1-16(12-13-21)14-20(18-10-6-3-7-11-18)19(22)23-15-17-8-4-2-5-9-17;/h2-10,14,16H,12,15H2,1H3;/q-3;+3/t16-;/m1./s1. The summed E-state index contributed by atoms with van der Waals surface area (Å²) >= 11 is 0. The van der Waals surface area contributed by atoms with Gasteiger partial charge in [-0.2, -0.15) is 36.6 Å². The van der Waals surface area contributed by atoms with Crippen molar-refractivity contribution >= 4 is 18.1 Å². The molecule has 0 bridgehead atoms. The minimum absolute atomic E-state index is 0. The van der Waals surface area contributed by atoms with Crippen molar-refractivity contribution in [2.75, 3.05) is 4.90 Å². The third-order valence-corrected chi connectivity index (χ3v) is 3.16. The normalized spacial score (nSPS) is 11.0. The van der Waals surface area contributed by atoms with Crippen molar-refractivity contribution in [3.63, 3.8) is 0 Å². The maximum Gasteiger partial charge on any atom is 3.00 e. The fourth-order valence-corrected chi connectivity index (χ4v) is 2.00. The molecular weight excluding hydrogens is 393 g/mol. The zero-order valence-corrected chi connectivity index (χ0v) is 14.9. The largest absolute Gasteiger partial charge is 3.00 e. The predicted octanol–water partition coefficient (Wildman–Crippen LogP) is 3.93. The summed E-state index contributed by atoms with van der Waals surface area (Å²) in [6.45, 7) is 3.68. The zero-order valence-electron chi connectivity index (χ0n) is 13.3. The van der Waals surface area contributed by atoms with E-state index in [9.17, 15) is 9.59 Å². The fraction of sp³-hybridized carbons (Fsp3) is 0.211. The summed E-state index contributed by atoms with van der Waals surface area (Å²) in [5.74, 6) is -0.134. The van der Waals surface area contributed by atoms with Crippen molar-refractivity contribution in [1.82, 2.24) is 0 Å². The number of hydrogen-bond donors (Lipinski definition) is 0. The molecule has 0 aliphatic rings. The van der Waals surface area contributed by atoms with Crippen LogP contribution in [0.15, 0.2) is 54.6 Å². The second kappa shape index (κ2) is 10.7. The molecule has 2 aromatic rings. The Morgan fingerprint density at radius 1 is 1.25 bits per heavy atom. The first kappa shape index (κ1) is 20.0. The molecule has 0 spiro atoms. The Labute approximate surface area is 155 Å². The van der Waals surface area contributed by atoms with Crippen molar-refractivity contribution in [3.05, 3.63) is 72.8 Å². The third kappa shape index (κ3) is 6.25. The van der Waals surface area contributed by atoms with Crippen molar-refractivity contribution in [3.8, 4) is 0 Å². The van der Waals surface area contributed by atoms with Crippen molar-refractivity contribution in [2.24, 2.45) is 5.92 Å². The molecule has 1 amide bonds. The molecule has 0 heterocycles. The molecule has 24 heavy (non-hydrogen) atoms. The third-order valence-electron chi connectivity index (χ3n) is 3.16. The number of rotatable bonds is 7. The first-order valence-corrected chi connectivity index (χ1v) is 7.37. The molecule has 0 aromatic heterocycles. The van der Waals surface area contributed by atoms with Gasteiger partial charge in [-0.1, -0.05) is 37.3 Å². The average Bonchev–Trinajstić information content (AvgIpc) is 2.59. The molecule has 0 saturated heterocycles. The van der Waals surface area contributed by atoms with E-state index in [1.54, 1.807) is 18.7 Å². The summed E-state index contributed by atoms with van der Waals surface area (Å²) < 4.78 is 5.36. The van der Waals surface area contributed by atoms with Crippen LogP contribution in [0.4, 0.5) is 10.5 Å². The van der Waals surface area contributed by atoms with Gasteiger partial charge in [0.25, 0.3) is 0 Å². The van der Waals surface area contributed by atoms with Gasteiger partial charge in [0.1, 0.15) is 6.61 Å². The Bertz CT molecular complexity index is 619. The molecule has 0 aliphatic heterocycles. The van der Waals surface area contributed by atoms with E-state index in [1.165, 1.54) is 4.90 Å². The van der Waals surface area contributed by atoms with Gasteiger partial charge >= 0.3 is 25.6 Å². The molecule has 0 aliphatic carbocycles. The molecule has 0 fully saturated rings. The Kier molecular flexibility index (Phi) is 8.95. The Balaban J connectivity index is 0.00000288. The Morgan fingerprint density at radius 2 is 1.96 bits per heavy atom. The fourth-order valence-electron chi connectivity index (χ4n) is 2.00. The van der Waals surface area contributed by atoms with E-state index >= 15 is 0 Å². The summed E-state index contributed by atoms with van der Waals surface area (Å²) in [6, 6.07) is 19.6. The van der Waals surface area contributed by atoms with Gasteiger partial charge in [-0.15, -0.1) is 11.8 Å². The summed E-state index contributed by atoms with van der Waals surface area (Å²) in [5, 5.41) is 0. The van der Waals surface area contributed by atoms with Crippen molar-refractivity contribution < 1.29 is 33.8 Å². The summed E-state index contributed by atoms with van der Waals surface area (Å²) in [7, 11) is 0. The number of nitrogens with zero attached hydrogens (tertiary/aromatic N) is 1. The second-order valence-corrected chi connectivity index (χ2v) is 5.13. The molecule has 4 nitrogen and oxygen atoms in total. The molecular formula is C19H18NO3Rh. The monoisotopic (exact) mass is 411 g/mol. The van der Waals surface area contributed by atoms with Crippen LogP contribution in [0.2, 0.25) is 0 Å². The summed E-state index contributed by atoms with van der Waals surface area (Å²) in [6.07, 6.45) is 1.56. The summed E-state index contributed by atoms with van der Waals surface area (Å²) in [5.41, 5.74) is 1.48. The van der Waals surface area contributed by atoms with Crippen LogP contribution < -0.4 is 4.90 Å². The molecule has 5 heteroatoms. The minimum Gasteiger partial charge on any atom is -0.542 e. The summed E-state index contributed by atoms with van der Waals surface area (Å²) in [4.78, 5) is 24.3. The molecule has 126 valence electrons. The number of hydrogen-bond acceptors (Lipinski definition) is 3. The van der Waals surface area contributed by atoms with Gasteiger partial charge in [0.2, 0.25) is 0 Å². The maximum absolute atomic E-state index is 12.4. The number of amides is 1. The zero-order chi connectivity index (χ0) is 16.5. The van der Waals surface area contributed by atoms with Gasteiger partial charge in [-0.25, -0.2) is 11.3 Å². The number of anilines is 1. The van der Waals surface area contributed by atoms with E-state index in [2.05, 4.69) is 6.07 Å². The van der Waals surface area contributed by atoms with Gasteiger partial charge in [0.15, 0.2) is 0 Å². The van der Waals surface area contributed by atoms with Gasteiger partial charge < -0.3 is 14.4 Å². The molecule has 0 unspecified atom stereocenters. The number of ether oxygens (including phenoxy) is 1. The van der Waals surface area contributed by atoms with E-state index in [1.807, 2.05) is 55.7 Å². The van der Waals surface area contributed by atoms with Crippen LogP contribution in [-0.4, -0.2) is 12.4 Å². The van der Waals surface area contributed by atoms with E-state index in [0.717, 1.165) is 5.56 Å². The number of para-hydroxylation sites is 1. The Morgan fingerprint density at radius 3 is 2.58 bits per heavy atom. The molecule has 1 atom stereocenters. The molecule has 0 radical (unpaired) electrons. The van der Waals surface area contributed by atoms with Crippen LogP contribution in [-0.2, 0) is 35.6 Å². The molecule has 0 N–H and O–H groups in total. The smallest absolute Gasteiger partial charge is 0.542 e. The maximum atomic E-state index is 12.4. The van der Waals surface area contributed by atoms with Crippen LogP contribution in [0.1, 0.15) is 18.9 Å². The van der Waals surface area contributed by atoms with Crippen LogP contribution in [0, 0.1) is 18.5 Å². The van der Waals surface area contributed by atoms with Gasteiger partial charge in [-0.3, -0.25) is 6.29 Å². The average molecular weight is 411 g/mol. The first-order valence-electron chi connectivity index (χ1n) is 7.37. The van der Waals surface area contributed by atoms with Crippen LogP contribution in [0.25, 0.3) is 0 Å². The Hall–Kier alpha value is -2.00. The van der Waals surface area contributed by atoms with Crippen LogP contribution in [0.3, 0.4) is 0 Å². The topological polar surface area (TPSA) is 46.6 Å². The van der Waals surface area contributed by atoms with E-state index in [0.29, 0.717) is 5.69 Å². The van der Waals surface area contributed by atoms with Gasteiger partial charge in [-0.05, 0) is 5.56 Å². The van der Waals surface area contributed by atoms with E-state index in [4.69, 9.17) is 4.74 Å². The van der Waals surface area contributed by atoms with Crippen molar-refractivity contribution in [2.45, 2.75) is 20.0 Å². The predicted molar refractivity (Wildman–Crippen MR) is 88.2 cm³/mol. The van der Waals surface area contributed by atoms with Gasteiger partial charge in [0.05, 0.1) is 0 Å². The number of carbonyl (C=O) groups excluding carboxylic acids is 2. The van der Waals surface area contributed by atoms with Crippen LogP contribution >= 0.6 is 0 Å². The van der Waals surface area contributed by atoms with E-state index in [-0.39, 0.29) is 38.4 Å². The molecule has 2 aromatic carbocycles. The van der Waals surface area contributed by atoms with Gasteiger partial charge in [0, 0.05) is 0 Å². The SMILES string of the molecule is C[C@@H]([CH-]N(C(=O)OCc1ccccc1)c1[c-]cccc1)C[C-]=O.[Rh+3]. The number of benzene rings is 2. The van der Waals surface area contributed by atoms with Crippen molar-refractivity contribution in [1.29, 1.82) is 0 Å². The van der Waals surface area contributed by atoms with Crippen LogP contribution in [0.5, 0.6) is 0 Å².